The third-order valence-corrected chi connectivity index (χ3v) is 1.93. The summed E-state index contributed by atoms with van der Waals surface area (Å²) in [6.07, 6.45) is 0. The molecule has 0 aliphatic carbocycles. The van der Waals surface area contributed by atoms with Crippen LogP contribution in [0.5, 0.6) is 0 Å². The van der Waals surface area contributed by atoms with Gasteiger partial charge in [0.15, 0.2) is 0 Å². The first kappa shape index (κ1) is 8.07. The summed E-state index contributed by atoms with van der Waals surface area (Å²) < 4.78 is 0. The fourth-order valence-corrected chi connectivity index (χ4v) is 1.33. The van der Waals surface area contributed by atoms with Gasteiger partial charge in [-0.25, -0.2) is 7.06 Å². The van der Waals surface area contributed by atoms with Crippen molar-refractivity contribution in [3.05, 3.63) is 0 Å². The van der Waals surface area contributed by atoms with Crippen LogP contribution >= 0.6 is 0 Å². The van der Waals surface area contributed by atoms with Gasteiger partial charge in [-0.15, -0.1) is 5.72 Å². The van der Waals surface area contributed by atoms with E-state index in [4.69, 9.17) is 0 Å². The summed E-state index contributed by atoms with van der Waals surface area (Å²) in [6.45, 7) is 2.16. The van der Waals surface area contributed by atoms with Gasteiger partial charge in [0.05, 0.1) is 0 Å². The second-order valence-electron chi connectivity index (χ2n) is 2.71. The van der Waals surface area contributed by atoms with Crippen LogP contribution in [0.1, 0.15) is 0 Å². The molecule has 0 saturated carbocycles. The lowest BCUT2D eigenvalue weighted by atomic mass is 8.95. The van der Waals surface area contributed by atoms with Crippen molar-refractivity contribution in [2.75, 3.05) is 0 Å². The Kier molecular flexibility index (Phi) is 2.87. The molecule has 9 radical (unpaired) electrons. The number of hydrogen-bond donors (Lipinski definition) is 0. The Balaban J connectivity index is 2.06. The molecule has 9 heteroatoms. The molecule has 37 valence electrons. The van der Waals surface area contributed by atoms with Gasteiger partial charge in [0.1, 0.15) is 0 Å². The van der Waals surface area contributed by atoms with Gasteiger partial charge >= 0.3 is 0 Å². The van der Waals surface area contributed by atoms with Gasteiger partial charge in [0.2, 0.25) is 0 Å². The van der Waals surface area contributed by atoms with Crippen LogP contribution < -0.4 is 0 Å². The zero-order valence-electron chi connectivity index (χ0n) is 6.27. The highest BCUT2D eigenvalue weighted by Gasteiger charge is 2.14. The minimum Gasteiger partial charge on any atom is -0.409 e. The van der Waals surface area contributed by atoms with Gasteiger partial charge in [-0.3, -0.25) is 0 Å². The predicted octanol–water partition coefficient (Wildman–Crippen LogP) is -3.37. The van der Waals surface area contributed by atoms with E-state index in [1.807, 2.05) is 0 Å². The smallest absolute Gasteiger partial charge is 0.0468 e. The first-order valence-electron chi connectivity index (χ1n) is 3.87. The van der Waals surface area contributed by atoms with Crippen LogP contribution in [0.2, 0.25) is 5.72 Å². The molecule has 0 amide bonds. The highest BCUT2D eigenvalue weighted by molar-refractivity contribution is 7.63. The Morgan fingerprint density at radius 2 is 1.82 bits per heavy atom. The number of hydrogen-bond acceptors (Lipinski definition) is 0. The monoisotopic (exact) mass is 124 g/mol. The van der Waals surface area contributed by atoms with E-state index in [9.17, 15) is 0 Å². The zero-order valence-corrected chi connectivity index (χ0v) is 6.27. The van der Waals surface area contributed by atoms with Crippen LogP contribution in [0.4, 0.5) is 0 Å². The molecule has 0 N–H and O–H groups in total. The Hall–Kier alpha value is 0.454. The standard InChI is InChI=1S/C2HB9/c3-1-2(4-8-7-3)6-10-11-9-5-1/h1H/q-1. The fraction of sp³-hybridized carbons (Fsp3) is 0.500. The third kappa shape index (κ3) is 1.97. The molecule has 1 fully saturated rings. The van der Waals surface area contributed by atoms with E-state index >= 15 is 0 Å². The van der Waals surface area contributed by atoms with Gasteiger partial charge in [-0.2, -0.15) is 0 Å². The Labute approximate surface area is 75.1 Å². The van der Waals surface area contributed by atoms with Gasteiger partial charge in [0.25, 0.3) is 0 Å². The predicted molar refractivity (Wildman–Crippen MR) is 60.5 cm³/mol. The largest absolute Gasteiger partial charge is 0.409 e. The summed E-state index contributed by atoms with van der Waals surface area (Å²) in [5, 5.41) is 1.37. The van der Waals surface area contributed by atoms with E-state index in [0.29, 0.717) is 5.72 Å². The molecule has 1 unspecified atom stereocenters. The molecule has 0 aromatic carbocycles. The molecule has 0 bridgehead atoms. The van der Waals surface area contributed by atoms with Crippen molar-refractivity contribution in [3.63, 3.8) is 0 Å². The van der Waals surface area contributed by atoms with E-state index in [2.05, 4.69) is 63.6 Å². The van der Waals surface area contributed by atoms with Crippen molar-refractivity contribution in [1.29, 1.82) is 0 Å². The lowest BCUT2D eigenvalue weighted by Gasteiger charge is -2.31. The Morgan fingerprint density at radius 1 is 1.00 bits per heavy atom. The molecule has 1 atom stereocenters. The Morgan fingerprint density at radius 3 is 2.73 bits per heavy atom. The first-order chi connectivity index (χ1) is 5.47. The molecular weight excluding hydrogens is 121 g/mol. The molecule has 0 spiro atoms. The minimum atomic E-state index is 0.495. The van der Waals surface area contributed by atoms with Crippen LogP contribution in [-0.4, -0.2) is 69.0 Å². The molecule has 0 aromatic heterocycles. The molecule has 11 heavy (non-hydrogen) atoms. The summed E-state index contributed by atoms with van der Waals surface area (Å²) in [4.78, 5) is 0. The maximum atomic E-state index is 2.20. The maximum Gasteiger partial charge on any atom is 0.0468 e. The fourth-order valence-electron chi connectivity index (χ4n) is 1.33. The van der Waals surface area contributed by atoms with Crippen molar-refractivity contribution in [2.45, 2.75) is 5.72 Å². The first-order valence-corrected chi connectivity index (χ1v) is 3.87. The van der Waals surface area contributed by atoms with E-state index in [1.54, 1.807) is 0 Å². The summed E-state index contributed by atoms with van der Waals surface area (Å²) in [7, 11) is 17.0. The lowest BCUT2D eigenvalue weighted by molar-refractivity contribution is 1.79. The van der Waals surface area contributed by atoms with E-state index in [-0.39, 0.29) is 0 Å². The average Bonchev–Trinajstić information content (AvgIpc) is 2.28. The van der Waals surface area contributed by atoms with Gasteiger partial charge in [-0.1, -0.05) is 0 Å². The molecule has 2 aliphatic heterocycles. The lowest BCUT2D eigenvalue weighted by Crippen LogP contribution is -2.43. The third-order valence-electron chi connectivity index (χ3n) is 1.93. The van der Waals surface area contributed by atoms with Crippen molar-refractivity contribution in [2.24, 2.45) is 0 Å². The van der Waals surface area contributed by atoms with Crippen molar-refractivity contribution < 1.29 is 0 Å². The molecule has 2 aliphatic rings. The summed E-state index contributed by atoms with van der Waals surface area (Å²) in [5.41, 5.74) is 0.495. The number of fused-ring (bicyclic) bond motifs is 1. The zero-order chi connectivity index (χ0) is 7.52. The van der Waals surface area contributed by atoms with Gasteiger partial charge in [-0.05, 0) is 7.06 Å². The van der Waals surface area contributed by atoms with Crippen LogP contribution in [-0.2, 0) is 0 Å². The molecule has 0 nitrogen and oxygen atoms in total. The van der Waals surface area contributed by atoms with Crippen molar-refractivity contribution >= 4 is 69.0 Å². The van der Waals surface area contributed by atoms with Crippen molar-refractivity contribution in [3.8, 4) is 0 Å². The molecule has 1 saturated heterocycles. The van der Waals surface area contributed by atoms with Crippen molar-refractivity contribution in [1.82, 2.24) is 0 Å². The van der Waals surface area contributed by atoms with E-state index in [1.165, 1.54) is 5.36 Å². The minimum absolute atomic E-state index is 0.495. The van der Waals surface area contributed by atoms with Crippen LogP contribution in [0.15, 0.2) is 0 Å². The van der Waals surface area contributed by atoms with Gasteiger partial charge in [0, 0.05) is 42.7 Å². The molecule has 0 aromatic rings. The highest BCUT2D eigenvalue weighted by Crippen LogP contribution is 2.04. The summed E-state index contributed by atoms with van der Waals surface area (Å²) >= 11 is 0. The molecular formula is C2HB9-. The molecule has 2 heterocycles. The highest BCUT2D eigenvalue weighted by atomic mass is 13.7. The normalized spacial score (nSPS) is 26.2. The maximum absolute atomic E-state index is 2.20. The summed E-state index contributed by atoms with van der Waals surface area (Å²) in [6, 6.07) is 0. The van der Waals surface area contributed by atoms with Gasteiger partial charge < -0.3 is 12.2 Å². The van der Waals surface area contributed by atoms with E-state index < -0.39 is 0 Å². The SMILES string of the molecule is [B]1[B][B]C2[B][B][B][B]C2=[B-][B]1. The van der Waals surface area contributed by atoms with Crippen LogP contribution in [0.25, 0.3) is 0 Å². The summed E-state index contributed by atoms with van der Waals surface area (Å²) in [5.74, 6) is 0. The molecule has 2 rings (SSSR count). The van der Waals surface area contributed by atoms with Crippen LogP contribution in [0, 0.1) is 0 Å². The van der Waals surface area contributed by atoms with Crippen LogP contribution in [0.3, 0.4) is 0 Å². The second-order valence-corrected chi connectivity index (χ2v) is 2.71. The van der Waals surface area contributed by atoms with E-state index in [0.717, 1.165) is 0 Å². The topological polar surface area (TPSA) is 0 Å². The second kappa shape index (κ2) is 3.91. The Bertz CT molecular complexity index is 163. The number of rotatable bonds is 0. The quantitative estimate of drug-likeness (QED) is 0.294. The average molecular weight is 122 g/mol.